The van der Waals surface area contributed by atoms with Crippen LogP contribution in [0.1, 0.15) is 37.9 Å². The van der Waals surface area contributed by atoms with E-state index in [0.717, 1.165) is 28.4 Å². The monoisotopic (exact) mass is 484 g/mol. The Labute approximate surface area is 200 Å². The molecule has 0 aliphatic rings. The summed E-state index contributed by atoms with van der Waals surface area (Å²) in [4.78, 5) is 12.8. The van der Waals surface area contributed by atoms with E-state index < -0.39 is 28.3 Å². The van der Waals surface area contributed by atoms with Crippen molar-refractivity contribution in [2.45, 2.75) is 38.1 Å². The normalized spacial score (nSPS) is 12.1. The van der Waals surface area contributed by atoms with Crippen LogP contribution in [-0.2, 0) is 21.2 Å². The molecule has 0 aliphatic heterocycles. The average molecular weight is 485 g/mol. The number of carbonyl (C=O) groups excluding carboxylic acids is 1. The van der Waals surface area contributed by atoms with E-state index in [-0.39, 0.29) is 10.9 Å². The second-order valence-electron chi connectivity index (χ2n) is 7.78. The van der Waals surface area contributed by atoms with Gasteiger partial charge < -0.3 is 10.1 Å². The third-order valence-electron chi connectivity index (χ3n) is 5.39. The minimum absolute atomic E-state index is 0.112. The SMILES string of the molecule is CCOc1ccc(N(CC(=O)N[C@@H](C)c2ccc(CC)cc2)S(=O)(=O)c2ccc(F)cc2)cc1. The van der Waals surface area contributed by atoms with Gasteiger partial charge in [0.1, 0.15) is 18.1 Å². The molecule has 180 valence electrons. The molecule has 0 radical (unpaired) electrons. The molecule has 0 aliphatic carbocycles. The molecule has 1 atom stereocenters. The molecule has 34 heavy (non-hydrogen) atoms. The number of nitrogens with zero attached hydrogens (tertiary/aromatic N) is 1. The fraction of sp³-hybridized carbons (Fsp3) is 0.269. The van der Waals surface area contributed by atoms with Crippen LogP contribution >= 0.6 is 0 Å². The van der Waals surface area contributed by atoms with Crippen LogP contribution < -0.4 is 14.4 Å². The Bertz CT molecular complexity index is 1200. The Balaban J connectivity index is 1.86. The molecule has 6 nitrogen and oxygen atoms in total. The topological polar surface area (TPSA) is 75.7 Å². The van der Waals surface area contributed by atoms with Gasteiger partial charge in [-0.05, 0) is 79.9 Å². The summed E-state index contributed by atoms with van der Waals surface area (Å²) in [5, 5.41) is 2.87. The van der Waals surface area contributed by atoms with Crippen LogP contribution in [0.4, 0.5) is 10.1 Å². The molecule has 8 heteroatoms. The van der Waals surface area contributed by atoms with Crippen molar-refractivity contribution >= 4 is 21.6 Å². The molecule has 0 fully saturated rings. The first-order valence-electron chi connectivity index (χ1n) is 11.1. The molecule has 0 bridgehead atoms. The van der Waals surface area contributed by atoms with E-state index in [0.29, 0.717) is 18.0 Å². The molecule has 0 unspecified atom stereocenters. The van der Waals surface area contributed by atoms with Crippen LogP contribution in [-0.4, -0.2) is 27.5 Å². The highest BCUT2D eigenvalue weighted by Gasteiger charge is 2.28. The number of hydrogen-bond donors (Lipinski definition) is 1. The zero-order valence-corrected chi connectivity index (χ0v) is 20.3. The standard InChI is InChI=1S/C26H29FN2O4S/c1-4-20-6-8-21(9-7-20)19(3)28-26(30)18-29(23-12-14-24(15-13-23)33-5-2)34(31,32)25-16-10-22(27)11-17-25/h6-17,19H,4-5,18H2,1-3H3,(H,28,30)/t19-/m0/s1. The van der Waals surface area contributed by atoms with E-state index in [2.05, 4.69) is 12.2 Å². The van der Waals surface area contributed by atoms with E-state index in [1.165, 1.54) is 17.7 Å². The number of halogens is 1. The molecule has 1 amide bonds. The fourth-order valence-corrected chi connectivity index (χ4v) is 4.89. The summed E-state index contributed by atoms with van der Waals surface area (Å²) in [7, 11) is -4.14. The van der Waals surface area contributed by atoms with Crippen molar-refractivity contribution in [1.82, 2.24) is 5.32 Å². The molecule has 0 saturated heterocycles. The predicted molar refractivity (Wildman–Crippen MR) is 131 cm³/mol. The van der Waals surface area contributed by atoms with E-state index in [9.17, 15) is 17.6 Å². The third kappa shape index (κ3) is 6.14. The quantitative estimate of drug-likeness (QED) is 0.446. The van der Waals surface area contributed by atoms with Crippen molar-refractivity contribution in [1.29, 1.82) is 0 Å². The first kappa shape index (κ1) is 25.2. The van der Waals surface area contributed by atoms with Gasteiger partial charge in [0, 0.05) is 0 Å². The maximum atomic E-state index is 13.4. The Morgan fingerprint density at radius 2 is 1.59 bits per heavy atom. The van der Waals surface area contributed by atoms with E-state index in [1.807, 2.05) is 38.1 Å². The number of benzene rings is 3. The highest BCUT2D eigenvalue weighted by atomic mass is 32.2. The number of hydrogen-bond acceptors (Lipinski definition) is 4. The van der Waals surface area contributed by atoms with Gasteiger partial charge in [-0.2, -0.15) is 0 Å². The van der Waals surface area contributed by atoms with Gasteiger partial charge in [-0.3, -0.25) is 9.10 Å². The van der Waals surface area contributed by atoms with E-state index in [4.69, 9.17) is 4.74 Å². The fourth-order valence-electron chi connectivity index (χ4n) is 3.47. The minimum atomic E-state index is -4.14. The van der Waals surface area contributed by atoms with Crippen molar-refractivity contribution in [3.05, 3.63) is 89.7 Å². The van der Waals surface area contributed by atoms with Crippen molar-refractivity contribution in [3.8, 4) is 5.75 Å². The lowest BCUT2D eigenvalue weighted by atomic mass is 10.1. The Morgan fingerprint density at radius 1 is 0.971 bits per heavy atom. The smallest absolute Gasteiger partial charge is 0.264 e. The summed E-state index contributed by atoms with van der Waals surface area (Å²) >= 11 is 0. The van der Waals surface area contributed by atoms with Gasteiger partial charge in [0.05, 0.1) is 23.2 Å². The summed E-state index contributed by atoms with van der Waals surface area (Å²) < 4.78 is 46.7. The molecule has 3 aromatic rings. The second-order valence-corrected chi connectivity index (χ2v) is 9.64. The molecule has 3 aromatic carbocycles. The molecule has 1 N–H and O–H groups in total. The molecule has 0 aromatic heterocycles. The average Bonchev–Trinajstić information content (AvgIpc) is 2.83. The molecule has 0 saturated carbocycles. The lowest BCUT2D eigenvalue weighted by molar-refractivity contribution is -0.120. The van der Waals surface area contributed by atoms with Gasteiger partial charge in [0.15, 0.2) is 0 Å². The van der Waals surface area contributed by atoms with Gasteiger partial charge in [0.25, 0.3) is 10.0 Å². The predicted octanol–water partition coefficient (Wildman–Crippen LogP) is 4.86. The van der Waals surface area contributed by atoms with Crippen LogP contribution in [0.2, 0.25) is 0 Å². The van der Waals surface area contributed by atoms with Crippen molar-refractivity contribution in [2.24, 2.45) is 0 Å². The Hall–Kier alpha value is -3.39. The lowest BCUT2D eigenvalue weighted by Gasteiger charge is -2.25. The zero-order chi connectivity index (χ0) is 24.7. The molecular formula is C26H29FN2O4S. The number of carbonyl (C=O) groups is 1. The first-order chi connectivity index (χ1) is 16.2. The molecule has 0 heterocycles. The van der Waals surface area contributed by atoms with Gasteiger partial charge >= 0.3 is 0 Å². The van der Waals surface area contributed by atoms with Crippen molar-refractivity contribution < 1.29 is 22.3 Å². The highest BCUT2D eigenvalue weighted by molar-refractivity contribution is 7.92. The van der Waals surface area contributed by atoms with E-state index in [1.54, 1.807) is 24.3 Å². The number of amides is 1. The van der Waals surface area contributed by atoms with Crippen LogP contribution in [0.5, 0.6) is 5.75 Å². The molecular weight excluding hydrogens is 455 g/mol. The first-order valence-corrected chi connectivity index (χ1v) is 12.6. The van der Waals surface area contributed by atoms with Crippen LogP contribution in [0, 0.1) is 5.82 Å². The van der Waals surface area contributed by atoms with Gasteiger partial charge in [-0.25, -0.2) is 12.8 Å². The third-order valence-corrected chi connectivity index (χ3v) is 7.18. The van der Waals surface area contributed by atoms with Crippen LogP contribution in [0.3, 0.4) is 0 Å². The number of aryl methyl sites for hydroxylation is 1. The van der Waals surface area contributed by atoms with Gasteiger partial charge in [-0.1, -0.05) is 31.2 Å². The van der Waals surface area contributed by atoms with Gasteiger partial charge in [-0.15, -0.1) is 0 Å². The van der Waals surface area contributed by atoms with E-state index >= 15 is 0 Å². The number of rotatable bonds is 10. The van der Waals surface area contributed by atoms with Crippen molar-refractivity contribution in [2.75, 3.05) is 17.5 Å². The molecule has 3 rings (SSSR count). The summed E-state index contributed by atoms with van der Waals surface area (Å²) in [6, 6.07) is 18.5. The summed E-state index contributed by atoms with van der Waals surface area (Å²) in [5.41, 5.74) is 2.40. The van der Waals surface area contributed by atoms with Crippen LogP contribution in [0.25, 0.3) is 0 Å². The maximum absolute atomic E-state index is 13.4. The highest BCUT2D eigenvalue weighted by Crippen LogP contribution is 2.26. The number of anilines is 1. The van der Waals surface area contributed by atoms with Gasteiger partial charge in [0.2, 0.25) is 5.91 Å². The zero-order valence-electron chi connectivity index (χ0n) is 19.5. The minimum Gasteiger partial charge on any atom is -0.494 e. The van der Waals surface area contributed by atoms with Crippen molar-refractivity contribution in [3.63, 3.8) is 0 Å². The summed E-state index contributed by atoms with van der Waals surface area (Å²) in [5.74, 6) is -0.433. The second kappa shape index (κ2) is 11.2. The largest absolute Gasteiger partial charge is 0.494 e. The lowest BCUT2D eigenvalue weighted by Crippen LogP contribution is -2.41. The number of ether oxygens (including phenoxy) is 1. The molecule has 0 spiro atoms. The number of sulfonamides is 1. The Kier molecular flexibility index (Phi) is 8.28. The summed E-state index contributed by atoms with van der Waals surface area (Å²) in [6.45, 7) is 5.79. The van der Waals surface area contributed by atoms with Crippen LogP contribution in [0.15, 0.2) is 77.7 Å². The maximum Gasteiger partial charge on any atom is 0.264 e. The number of nitrogens with one attached hydrogen (secondary N) is 1. The Morgan fingerprint density at radius 3 is 2.15 bits per heavy atom. The summed E-state index contributed by atoms with van der Waals surface area (Å²) in [6.07, 6.45) is 0.916.